The van der Waals surface area contributed by atoms with E-state index in [0.717, 1.165) is 24.1 Å². The zero-order valence-electron chi connectivity index (χ0n) is 18.3. The molecule has 7 nitrogen and oxygen atoms in total. The molecule has 7 heteroatoms. The molecule has 0 radical (unpaired) electrons. The van der Waals surface area contributed by atoms with E-state index in [0.29, 0.717) is 6.04 Å². The van der Waals surface area contributed by atoms with E-state index in [1.807, 2.05) is 0 Å². The number of hydrogen-bond donors (Lipinski definition) is 1. The molecule has 1 aromatic heterocycles. The van der Waals surface area contributed by atoms with Crippen LogP contribution in [0.5, 0.6) is 0 Å². The number of amides is 2. The lowest BCUT2D eigenvalue weighted by molar-refractivity contribution is -0.148. The van der Waals surface area contributed by atoms with Crippen LogP contribution in [0.25, 0.3) is 6.08 Å². The Bertz CT molecular complexity index is 817. The highest BCUT2D eigenvalue weighted by atomic mass is 16.5. The van der Waals surface area contributed by atoms with E-state index in [1.165, 1.54) is 55.8 Å². The van der Waals surface area contributed by atoms with Crippen molar-refractivity contribution < 1.29 is 19.1 Å². The predicted molar refractivity (Wildman–Crippen MR) is 115 cm³/mol. The van der Waals surface area contributed by atoms with Crippen LogP contribution in [-0.2, 0) is 19.1 Å². The summed E-state index contributed by atoms with van der Waals surface area (Å²) in [5.74, 6) is -1.16. The lowest BCUT2D eigenvalue weighted by Crippen LogP contribution is -2.40. The van der Waals surface area contributed by atoms with E-state index in [9.17, 15) is 14.4 Å². The Kier molecular flexibility index (Phi) is 7.34. The zero-order valence-corrected chi connectivity index (χ0v) is 18.3. The smallest absolute Gasteiger partial charge is 0.331 e. The zero-order chi connectivity index (χ0) is 21.7. The molecule has 0 aromatic carbocycles. The maximum atomic E-state index is 12.1. The highest BCUT2D eigenvalue weighted by molar-refractivity contribution is 5.90. The standard InChI is InChI=1S/C23H33N3O4/c1-16-13-18(17(2)26(16)20-7-5-4-6-8-20)9-12-23(29)30-15-22(28)25(3)14-21(27)24-19-10-11-19/h9,12-13,19-20H,4-8,10-11,14-15H2,1-3H3,(H,24,27)/b12-9+. The second-order valence-corrected chi connectivity index (χ2v) is 8.52. The van der Waals surface area contributed by atoms with Crippen molar-refractivity contribution in [2.75, 3.05) is 20.2 Å². The van der Waals surface area contributed by atoms with Gasteiger partial charge in [-0.25, -0.2) is 4.79 Å². The second kappa shape index (κ2) is 9.96. The minimum absolute atomic E-state index is 0.0319. The molecular formula is C23H33N3O4. The first-order valence-electron chi connectivity index (χ1n) is 10.9. The Morgan fingerprint density at radius 2 is 1.87 bits per heavy atom. The predicted octanol–water partition coefficient (Wildman–Crippen LogP) is 2.90. The molecule has 1 N–H and O–H groups in total. The average molecular weight is 416 g/mol. The van der Waals surface area contributed by atoms with Crippen LogP contribution in [0.3, 0.4) is 0 Å². The number of carbonyl (C=O) groups excluding carboxylic acids is 3. The van der Waals surface area contributed by atoms with Gasteiger partial charge in [0.2, 0.25) is 5.91 Å². The van der Waals surface area contributed by atoms with E-state index in [1.54, 1.807) is 6.08 Å². The Labute approximate surface area is 178 Å². The van der Waals surface area contributed by atoms with Gasteiger partial charge in [-0.05, 0) is 57.2 Å². The summed E-state index contributed by atoms with van der Waals surface area (Å²) in [6, 6.07) is 2.88. The third kappa shape index (κ3) is 5.97. The number of hydrogen-bond acceptors (Lipinski definition) is 4. The first kappa shape index (κ1) is 22.1. The van der Waals surface area contributed by atoms with Gasteiger partial charge in [-0.3, -0.25) is 9.59 Å². The summed E-state index contributed by atoms with van der Waals surface area (Å²) >= 11 is 0. The topological polar surface area (TPSA) is 80.6 Å². The van der Waals surface area contributed by atoms with Gasteiger partial charge in [-0.15, -0.1) is 0 Å². The molecule has 1 aromatic rings. The quantitative estimate of drug-likeness (QED) is 0.523. The lowest BCUT2D eigenvalue weighted by atomic mass is 9.95. The number of likely N-dealkylation sites (N-methyl/N-ethyl adjacent to an activating group) is 1. The first-order valence-corrected chi connectivity index (χ1v) is 10.9. The van der Waals surface area contributed by atoms with Crippen molar-refractivity contribution in [3.63, 3.8) is 0 Å². The molecular weight excluding hydrogens is 382 g/mol. The Balaban J connectivity index is 1.48. The first-order chi connectivity index (χ1) is 14.3. The maximum Gasteiger partial charge on any atom is 0.331 e. The van der Waals surface area contributed by atoms with Gasteiger partial charge < -0.3 is 19.5 Å². The van der Waals surface area contributed by atoms with Gasteiger partial charge in [0.05, 0.1) is 6.54 Å². The van der Waals surface area contributed by atoms with Crippen LogP contribution in [0.1, 0.15) is 67.9 Å². The fourth-order valence-corrected chi connectivity index (χ4v) is 4.13. The fraction of sp³-hybridized carbons (Fsp3) is 0.609. The van der Waals surface area contributed by atoms with Crippen molar-refractivity contribution in [2.24, 2.45) is 0 Å². The van der Waals surface area contributed by atoms with Crippen molar-refractivity contribution >= 4 is 23.9 Å². The normalized spacial score (nSPS) is 17.2. The molecule has 2 saturated carbocycles. The number of nitrogens with one attached hydrogen (secondary N) is 1. The summed E-state index contributed by atoms with van der Waals surface area (Å²) in [5.41, 5.74) is 3.35. The largest absolute Gasteiger partial charge is 0.452 e. The molecule has 0 unspecified atom stereocenters. The SMILES string of the molecule is Cc1cc(/C=C/C(=O)OCC(=O)N(C)CC(=O)NC2CC2)c(C)n1C1CCCCC1. The molecule has 2 aliphatic carbocycles. The van der Waals surface area contributed by atoms with Crippen LogP contribution in [0, 0.1) is 13.8 Å². The number of nitrogens with zero attached hydrogens (tertiary/aromatic N) is 2. The number of esters is 1. The number of aryl methyl sites for hydroxylation is 1. The Hall–Kier alpha value is -2.57. The van der Waals surface area contributed by atoms with Crippen LogP contribution >= 0.6 is 0 Å². The van der Waals surface area contributed by atoms with Gasteiger partial charge in [0.25, 0.3) is 5.91 Å². The molecule has 2 amide bonds. The third-order valence-electron chi connectivity index (χ3n) is 5.95. The summed E-state index contributed by atoms with van der Waals surface area (Å²) in [4.78, 5) is 37.2. The van der Waals surface area contributed by atoms with E-state index >= 15 is 0 Å². The number of carbonyl (C=O) groups is 3. The van der Waals surface area contributed by atoms with Crippen molar-refractivity contribution in [3.8, 4) is 0 Å². The summed E-state index contributed by atoms with van der Waals surface area (Å²) in [5, 5.41) is 2.82. The van der Waals surface area contributed by atoms with Crippen molar-refractivity contribution in [1.29, 1.82) is 0 Å². The van der Waals surface area contributed by atoms with Gasteiger partial charge in [0.15, 0.2) is 6.61 Å². The van der Waals surface area contributed by atoms with E-state index in [2.05, 4.69) is 29.8 Å². The molecule has 2 fully saturated rings. The minimum atomic E-state index is -0.568. The van der Waals surface area contributed by atoms with Gasteiger partial charge in [0.1, 0.15) is 0 Å². The summed E-state index contributed by atoms with van der Waals surface area (Å²) in [6.45, 7) is 3.77. The van der Waals surface area contributed by atoms with Crippen LogP contribution in [0.15, 0.2) is 12.1 Å². The second-order valence-electron chi connectivity index (χ2n) is 8.52. The molecule has 0 atom stereocenters. The van der Waals surface area contributed by atoms with Crippen LogP contribution in [-0.4, -0.2) is 53.5 Å². The van der Waals surface area contributed by atoms with Crippen LogP contribution in [0.4, 0.5) is 0 Å². The fourth-order valence-electron chi connectivity index (χ4n) is 4.13. The monoisotopic (exact) mass is 415 g/mol. The highest BCUT2D eigenvalue weighted by Crippen LogP contribution is 2.32. The molecule has 164 valence electrons. The van der Waals surface area contributed by atoms with Crippen molar-refractivity contribution in [3.05, 3.63) is 29.1 Å². The number of rotatable bonds is 8. The van der Waals surface area contributed by atoms with Crippen molar-refractivity contribution in [1.82, 2.24) is 14.8 Å². The number of aromatic nitrogens is 1. The molecule has 2 aliphatic rings. The van der Waals surface area contributed by atoms with Crippen molar-refractivity contribution in [2.45, 2.75) is 70.9 Å². The summed E-state index contributed by atoms with van der Waals surface area (Å²) in [6.07, 6.45) is 11.4. The molecule has 0 aliphatic heterocycles. The highest BCUT2D eigenvalue weighted by Gasteiger charge is 2.24. The van der Waals surface area contributed by atoms with E-state index in [-0.39, 0.29) is 25.1 Å². The third-order valence-corrected chi connectivity index (χ3v) is 5.95. The van der Waals surface area contributed by atoms with Gasteiger partial charge in [-0.1, -0.05) is 19.3 Å². The number of ether oxygens (including phenoxy) is 1. The van der Waals surface area contributed by atoms with Gasteiger partial charge in [-0.2, -0.15) is 0 Å². The molecule has 0 bridgehead atoms. The maximum absolute atomic E-state index is 12.1. The molecule has 0 spiro atoms. The van der Waals surface area contributed by atoms with E-state index < -0.39 is 11.9 Å². The molecule has 3 rings (SSSR count). The Morgan fingerprint density at radius 3 is 2.53 bits per heavy atom. The van der Waals surface area contributed by atoms with Gasteiger partial charge in [0, 0.05) is 36.6 Å². The van der Waals surface area contributed by atoms with Gasteiger partial charge >= 0.3 is 5.97 Å². The minimum Gasteiger partial charge on any atom is -0.452 e. The summed E-state index contributed by atoms with van der Waals surface area (Å²) < 4.78 is 7.44. The average Bonchev–Trinajstić information content (AvgIpc) is 3.48. The van der Waals surface area contributed by atoms with E-state index in [4.69, 9.17) is 4.74 Å². The molecule has 0 saturated heterocycles. The van der Waals surface area contributed by atoms with Crippen LogP contribution < -0.4 is 5.32 Å². The lowest BCUT2D eigenvalue weighted by Gasteiger charge is -2.26. The Morgan fingerprint density at radius 1 is 1.17 bits per heavy atom. The molecule has 30 heavy (non-hydrogen) atoms. The summed E-state index contributed by atoms with van der Waals surface area (Å²) in [7, 11) is 1.53. The van der Waals surface area contributed by atoms with Crippen LogP contribution in [0.2, 0.25) is 0 Å². The molecule has 1 heterocycles.